The lowest BCUT2D eigenvalue weighted by atomic mass is 9.61. The molecule has 3 aliphatic heterocycles. The van der Waals surface area contributed by atoms with Gasteiger partial charge in [-0.25, -0.2) is 9.59 Å². The van der Waals surface area contributed by atoms with Crippen LogP contribution < -0.4 is 0 Å². The minimum atomic E-state index is -1.12. The van der Waals surface area contributed by atoms with Crippen molar-refractivity contribution < 1.29 is 43.2 Å². The lowest BCUT2D eigenvalue weighted by Gasteiger charge is -2.42. The van der Waals surface area contributed by atoms with Crippen LogP contribution in [0.4, 0.5) is 9.59 Å². The molecule has 0 spiro atoms. The summed E-state index contributed by atoms with van der Waals surface area (Å²) in [7, 11) is 0. The van der Waals surface area contributed by atoms with E-state index >= 15 is 0 Å². The molecule has 60 heavy (non-hydrogen) atoms. The molecular weight excluding hydrogens is 761 g/mol. The van der Waals surface area contributed by atoms with Crippen molar-refractivity contribution in [1.29, 1.82) is 0 Å². The molecule has 3 saturated heterocycles. The Morgan fingerprint density at radius 1 is 0.733 bits per heavy atom. The van der Waals surface area contributed by atoms with Crippen LogP contribution in [0, 0.1) is 11.3 Å². The van der Waals surface area contributed by atoms with Crippen molar-refractivity contribution in [2.24, 2.45) is 11.3 Å². The van der Waals surface area contributed by atoms with E-state index in [4.69, 9.17) is 23.7 Å². The van der Waals surface area contributed by atoms with E-state index in [1.807, 2.05) is 108 Å². The van der Waals surface area contributed by atoms with Gasteiger partial charge in [-0.15, -0.1) is 5.73 Å². The van der Waals surface area contributed by atoms with Gasteiger partial charge in [0.25, 0.3) is 0 Å². The molecule has 2 amide bonds. The van der Waals surface area contributed by atoms with Gasteiger partial charge in [0.15, 0.2) is 5.78 Å². The van der Waals surface area contributed by atoms with Crippen molar-refractivity contribution >= 4 is 18.0 Å². The van der Waals surface area contributed by atoms with E-state index in [0.29, 0.717) is 90.3 Å². The zero-order valence-corrected chi connectivity index (χ0v) is 37.4. The van der Waals surface area contributed by atoms with Crippen LogP contribution in [0.15, 0.2) is 100 Å². The molecule has 0 aromatic carbocycles. The number of carbonyl (C=O) groups is 3. The lowest BCUT2D eigenvalue weighted by Crippen LogP contribution is -2.50. The molecule has 5 aliphatic rings. The van der Waals surface area contributed by atoms with E-state index in [2.05, 4.69) is 19.6 Å². The molecule has 328 valence electrons. The summed E-state index contributed by atoms with van der Waals surface area (Å²) in [5.41, 5.74) is 5.37. The summed E-state index contributed by atoms with van der Waals surface area (Å²) in [4.78, 5) is 42.2. The van der Waals surface area contributed by atoms with Gasteiger partial charge in [0.05, 0.1) is 37.6 Å². The van der Waals surface area contributed by atoms with E-state index in [1.165, 1.54) is 0 Å². The highest BCUT2D eigenvalue weighted by molar-refractivity contribution is 5.96. The van der Waals surface area contributed by atoms with Gasteiger partial charge in [-0.3, -0.25) is 4.79 Å². The highest BCUT2D eigenvalue weighted by Gasteiger charge is 2.76. The number of epoxide rings is 1. The topological polar surface area (TPSA) is 127 Å². The maximum absolute atomic E-state index is 13.5. The Balaban J connectivity index is 1.07. The lowest BCUT2D eigenvalue weighted by molar-refractivity contribution is -0.118. The number of aliphatic hydroxyl groups is 1. The monoisotopic (exact) mass is 828 g/mol. The number of amides is 2. The van der Waals surface area contributed by atoms with Crippen molar-refractivity contribution in [3.63, 3.8) is 0 Å². The van der Waals surface area contributed by atoms with E-state index in [1.54, 1.807) is 16.7 Å². The van der Waals surface area contributed by atoms with Crippen LogP contribution >= 0.6 is 0 Å². The molecule has 0 bridgehead atoms. The maximum Gasteiger partial charge on any atom is 0.410 e. The second-order valence-electron chi connectivity index (χ2n) is 18.3. The van der Waals surface area contributed by atoms with Gasteiger partial charge in [-0.05, 0) is 77.5 Å². The highest BCUT2D eigenvalue weighted by Crippen LogP contribution is 2.67. The van der Waals surface area contributed by atoms with Crippen molar-refractivity contribution in [2.45, 2.75) is 123 Å². The van der Waals surface area contributed by atoms with E-state index in [0.717, 1.165) is 22.3 Å². The molecule has 11 nitrogen and oxygen atoms in total. The van der Waals surface area contributed by atoms with Gasteiger partial charge in [0.2, 0.25) is 0 Å². The molecule has 0 aromatic rings. The number of carbonyl (C=O) groups excluding carboxylic acids is 3. The van der Waals surface area contributed by atoms with Crippen LogP contribution in [0.1, 0.15) is 94.4 Å². The third kappa shape index (κ3) is 12.0. The summed E-state index contributed by atoms with van der Waals surface area (Å²) in [5, 5.41) is 11.3. The average molecular weight is 829 g/mol. The fraction of sp³-hybridized carbons (Fsp3) is 0.592. The summed E-state index contributed by atoms with van der Waals surface area (Å²) in [5.74, 6) is 0.0665. The van der Waals surface area contributed by atoms with E-state index < -0.39 is 16.8 Å². The van der Waals surface area contributed by atoms with Gasteiger partial charge in [-0.1, -0.05) is 92.7 Å². The molecular formula is C49H68N2O9. The smallest absolute Gasteiger partial charge is 0.410 e. The third-order valence-corrected chi connectivity index (χ3v) is 12.6. The summed E-state index contributed by atoms with van der Waals surface area (Å²) >= 11 is 0. The number of hydrogen-bond donors (Lipinski definition) is 1. The zero-order valence-electron chi connectivity index (χ0n) is 37.4. The van der Waals surface area contributed by atoms with Gasteiger partial charge in [0.1, 0.15) is 17.8 Å². The molecule has 5 fully saturated rings. The molecule has 2 aliphatic carbocycles. The first-order valence-electron chi connectivity index (χ1n) is 21.6. The van der Waals surface area contributed by atoms with Crippen LogP contribution in [0.3, 0.4) is 0 Å². The number of hydrogen-bond acceptors (Lipinski definition) is 9. The normalized spacial score (nSPS) is 31.6. The van der Waals surface area contributed by atoms with Crippen LogP contribution in [0.5, 0.6) is 0 Å². The summed E-state index contributed by atoms with van der Waals surface area (Å²) < 4.78 is 28.8. The van der Waals surface area contributed by atoms with Crippen LogP contribution in [-0.4, -0.2) is 114 Å². The molecule has 6 atom stereocenters. The minimum Gasteiger partial charge on any atom is -0.446 e. The van der Waals surface area contributed by atoms with Gasteiger partial charge < -0.3 is 38.6 Å². The molecule has 3 heterocycles. The summed E-state index contributed by atoms with van der Waals surface area (Å²) in [6.07, 6.45) is 22.9. The van der Waals surface area contributed by atoms with Gasteiger partial charge >= 0.3 is 12.2 Å². The first-order chi connectivity index (χ1) is 28.3. The molecule has 2 saturated carbocycles. The van der Waals surface area contributed by atoms with Crippen molar-refractivity contribution in [1.82, 2.24) is 9.80 Å². The highest BCUT2D eigenvalue weighted by atomic mass is 16.6. The van der Waals surface area contributed by atoms with Crippen molar-refractivity contribution in [3.8, 4) is 0 Å². The molecule has 4 unspecified atom stereocenters. The predicted molar refractivity (Wildman–Crippen MR) is 233 cm³/mol. The van der Waals surface area contributed by atoms with Gasteiger partial charge in [0, 0.05) is 56.4 Å². The molecule has 5 rings (SSSR count). The Hall–Kier alpha value is -4.25. The van der Waals surface area contributed by atoms with Crippen LogP contribution in [0.2, 0.25) is 0 Å². The minimum absolute atomic E-state index is 0.0114. The first kappa shape index (κ1) is 46.8. The van der Waals surface area contributed by atoms with Crippen molar-refractivity contribution in [3.05, 3.63) is 100 Å². The van der Waals surface area contributed by atoms with Crippen LogP contribution in [0.25, 0.3) is 0 Å². The molecule has 0 radical (unpaired) electrons. The number of ketones is 1. The molecule has 11 heteroatoms. The first-order valence-corrected chi connectivity index (χ1v) is 21.6. The second-order valence-corrected chi connectivity index (χ2v) is 18.3. The molecule has 1 N–H and O–H groups in total. The van der Waals surface area contributed by atoms with Crippen LogP contribution in [-0.2, 0) is 28.5 Å². The number of rotatable bonds is 12. The number of fused-ring (bicyclic) bond motifs is 1. The Morgan fingerprint density at radius 2 is 1.25 bits per heavy atom. The Bertz CT molecular complexity index is 1880. The fourth-order valence-electron chi connectivity index (χ4n) is 9.12. The Kier molecular flexibility index (Phi) is 15.7. The summed E-state index contributed by atoms with van der Waals surface area (Å²) in [6, 6.07) is 0. The largest absolute Gasteiger partial charge is 0.446 e. The van der Waals surface area contributed by atoms with E-state index in [-0.39, 0.29) is 41.5 Å². The maximum atomic E-state index is 13.5. The Labute approximate surface area is 357 Å². The third-order valence-electron chi connectivity index (χ3n) is 12.6. The van der Waals surface area contributed by atoms with Crippen molar-refractivity contribution in [2.75, 3.05) is 52.6 Å². The number of nitrogens with zero attached hydrogens (tertiary/aromatic N) is 2. The second kappa shape index (κ2) is 20.1. The number of allylic oxidation sites excluding steroid dienone is 14. The van der Waals surface area contributed by atoms with E-state index in [9.17, 15) is 19.5 Å². The number of ether oxygens (including phenoxy) is 5. The average Bonchev–Trinajstić information content (AvgIpc) is 3.81. The Morgan fingerprint density at radius 3 is 1.78 bits per heavy atom. The quantitative estimate of drug-likeness (QED) is 0.0890. The summed E-state index contributed by atoms with van der Waals surface area (Å²) in [6.45, 7) is 22.2. The van der Waals surface area contributed by atoms with Gasteiger partial charge in [-0.2, -0.15) is 0 Å². The number of morpholine rings is 2. The molecule has 0 aromatic heterocycles. The standard InChI is InChI=1S/C49H68N2O9/c1-35(16-12-17-37(3)20-21-42-39(5)30-40(32-47(42,8)55)58-44(53)50-22-26-56-27-23-50)14-10-11-15-36(2)18-13-19-38(4)43(52)34-49-46(6,7)31-41(33-48(49,9)60-49)59-45(54)51-24-28-57-29-25-51/h10-20,39-41,55H,22-34H2,1-9H3/b11-10+,16-12+,18-13+,35-14+,36-15+,37-17+,38-19+/t21?,39-,40?,41?,47+,48?,49?/m0/s1. The number of Topliss-reactive ketones (excluding diaryl/α,β-unsaturated/α-hetero) is 1. The zero-order chi connectivity index (χ0) is 43.7. The fourth-order valence-corrected chi connectivity index (χ4v) is 9.12. The SMILES string of the molecule is C\C(C=C=C1[C@@H](C)CC(OC(=O)N2CCOCC2)C[C@@]1(C)O)=C/C=C/C(C)=C/C=C/C=C(C)/C=C/C=C(\C)C(=O)CC12OC1(C)CC(OC(=O)N1CCOCC1)CC2(C)C. The predicted octanol–water partition coefficient (Wildman–Crippen LogP) is 8.68.